The van der Waals surface area contributed by atoms with Crippen molar-refractivity contribution in [1.29, 1.82) is 5.26 Å². The second kappa shape index (κ2) is 5.18. The molecule has 13 heavy (non-hydrogen) atoms. The Morgan fingerprint density at radius 1 is 1.31 bits per heavy atom. The molecule has 0 radical (unpaired) electrons. The smallest absolute Gasteiger partial charge is 0.0917 e. The number of thioether (sulfide) groups is 1. The van der Waals surface area contributed by atoms with Crippen molar-refractivity contribution in [3.05, 3.63) is 39.7 Å². The summed E-state index contributed by atoms with van der Waals surface area (Å²) in [5.41, 5.74) is 0. The van der Waals surface area contributed by atoms with Crippen molar-refractivity contribution < 1.29 is 0 Å². The van der Waals surface area contributed by atoms with E-state index in [9.17, 15) is 0 Å². The molecule has 1 nitrogen and oxygen atoms in total. The minimum absolute atomic E-state index is 0.597. The van der Waals surface area contributed by atoms with E-state index in [1.54, 1.807) is 23.6 Å². The van der Waals surface area contributed by atoms with Crippen LogP contribution in [0.2, 0.25) is 10.0 Å². The summed E-state index contributed by atoms with van der Waals surface area (Å²) in [4.78, 5) is 0.775. The van der Waals surface area contributed by atoms with E-state index < -0.39 is 0 Å². The fourth-order valence-corrected chi connectivity index (χ4v) is 2.02. The van der Waals surface area contributed by atoms with Gasteiger partial charge in [-0.15, -0.1) is 0 Å². The van der Waals surface area contributed by atoms with Crippen LogP contribution >= 0.6 is 35.0 Å². The third kappa shape index (κ3) is 2.96. The normalized spacial score (nSPS) is 10.2. The minimum Gasteiger partial charge on any atom is -0.193 e. The highest BCUT2D eigenvalue weighted by molar-refractivity contribution is 8.02. The van der Waals surface area contributed by atoms with Crippen LogP contribution in [0.5, 0.6) is 0 Å². The second-order valence-electron chi connectivity index (χ2n) is 2.10. The predicted octanol–water partition coefficient (Wildman–Crippen LogP) is 4.12. The van der Waals surface area contributed by atoms with Crippen LogP contribution in [0.4, 0.5) is 0 Å². The average Bonchev–Trinajstić information content (AvgIpc) is 2.10. The molecule has 0 saturated heterocycles. The first-order valence-electron chi connectivity index (χ1n) is 3.41. The lowest BCUT2D eigenvalue weighted by molar-refractivity contribution is 1.47. The molecule has 0 amide bonds. The fraction of sp³-hybridized carbons (Fsp3) is 0. The molecule has 0 aliphatic rings. The van der Waals surface area contributed by atoms with Gasteiger partial charge in [-0.1, -0.05) is 41.0 Å². The summed E-state index contributed by atoms with van der Waals surface area (Å²) in [6, 6.07) is 7.19. The van der Waals surface area contributed by atoms with Gasteiger partial charge in [0.2, 0.25) is 0 Å². The van der Waals surface area contributed by atoms with Gasteiger partial charge in [0.1, 0.15) is 0 Å². The first-order valence-corrected chi connectivity index (χ1v) is 5.04. The van der Waals surface area contributed by atoms with E-state index in [-0.39, 0.29) is 0 Å². The molecule has 0 saturated carbocycles. The molecule has 66 valence electrons. The van der Waals surface area contributed by atoms with Gasteiger partial charge in [0.05, 0.1) is 16.1 Å². The molecule has 1 rings (SSSR count). The number of benzene rings is 1. The lowest BCUT2D eigenvalue weighted by Gasteiger charge is -2.01. The fourth-order valence-electron chi connectivity index (χ4n) is 0.728. The third-order valence-electron chi connectivity index (χ3n) is 1.25. The maximum Gasteiger partial charge on any atom is 0.0917 e. The summed E-state index contributed by atoms with van der Waals surface area (Å²) in [7, 11) is 0. The van der Waals surface area contributed by atoms with Crippen LogP contribution in [0.1, 0.15) is 0 Å². The molecule has 0 aromatic heterocycles. The van der Waals surface area contributed by atoms with Gasteiger partial charge in [-0.05, 0) is 17.5 Å². The van der Waals surface area contributed by atoms with Crippen LogP contribution in [0.15, 0.2) is 34.6 Å². The van der Waals surface area contributed by atoms with E-state index >= 15 is 0 Å². The van der Waals surface area contributed by atoms with Crippen molar-refractivity contribution in [2.24, 2.45) is 0 Å². The maximum atomic E-state index is 8.27. The van der Waals surface area contributed by atoms with Gasteiger partial charge >= 0.3 is 0 Å². The van der Waals surface area contributed by atoms with Crippen LogP contribution in [-0.4, -0.2) is 0 Å². The van der Waals surface area contributed by atoms with Crippen molar-refractivity contribution in [3.8, 4) is 6.07 Å². The van der Waals surface area contributed by atoms with Gasteiger partial charge in [0, 0.05) is 11.0 Å². The number of allylic oxidation sites excluding steroid dienone is 1. The van der Waals surface area contributed by atoms with Crippen molar-refractivity contribution >= 4 is 35.0 Å². The SMILES string of the molecule is N#CC=CSc1c(Cl)cccc1Cl. The van der Waals surface area contributed by atoms with Crippen LogP contribution in [0.25, 0.3) is 0 Å². The molecule has 1 aromatic carbocycles. The van der Waals surface area contributed by atoms with Gasteiger partial charge in [-0.25, -0.2) is 0 Å². The zero-order valence-corrected chi connectivity index (χ0v) is 8.83. The zero-order chi connectivity index (χ0) is 9.68. The molecule has 0 heterocycles. The van der Waals surface area contributed by atoms with Gasteiger partial charge in [-0.3, -0.25) is 0 Å². The van der Waals surface area contributed by atoms with Gasteiger partial charge < -0.3 is 0 Å². The third-order valence-corrected chi connectivity index (χ3v) is 3.05. The summed E-state index contributed by atoms with van der Waals surface area (Å²) in [6.07, 6.45) is 1.38. The minimum atomic E-state index is 0.597. The Bertz CT molecular complexity index is 348. The van der Waals surface area contributed by atoms with Crippen molar-refractivity contribution in [2.45, 2.75) is 4.90 Å². The van der Waals surface area contributed by atoms with E-state index in [2.05, 4.69) is 0 Å². The Labute approximate surface area is 91.0 Å². The average molecular weight is 230 g/mol. The Hall–Kier alpha value is -0.620. The highest BCUT2D eigenvalue weighted by Crippen LogP contribution is 2.34. The highest BCUT2D eigenvalue weighted by Gasteiger charge is 2.02. The standard InChI is InChI=1S/C9H5Cl2NS/c10-7-3-1-4-8(11)9(7)13-6-2-5-12/h1-4,6H. The van der Waals surface area contributed by atoms with Crippen LogP contribution in [0, 0.1) is 11.3 Å². The van der Waals surface area contributed by atoms with E-state index in [1.807, 2.05) is 6.07 Å². The Morgan fingerprint density at radius 3 is 2.46 bits per heavy atom. The summed E-state index contributed by atoms with van der Waals surface area (Å²) in [5.74, 6) is 0. The van der Waals surface area contributed by atoms with E-state index in [1.165, 1.54) is 17.8 Å². The molecule has 1 aromatic rings. The number of rotatable bonds is 2. The number of hydrogen-bond acceptors (Lipinski definition) is 2. The highest BCUT2D eigenvalue weighted by atomic mass is 35.5. The Kier molecular flexibility index (Phi) is 4.17. The first kappa shape index (κ1) is 10.5. The predicted molar refractivity (Wildman–Crippen MR) is 57.1 cm³/mol. The molecule has 0 aliphatic carbocycles. The molecular formula is C9H5Cl2NS. The molecule has 0 fully saturated rings. The summed E-state index contributed by atoms with van der Waals surface area (Å²) >= 11 is 13.1. The zero-order valence-electron chi connectivity index (χ0n) is 6.50. The molecule has 0 aliphatic heterocycles. The number of nitriles is 1. The lowest BCUT2D eigenvalue weighted by atomic mass is 10.4. The molecule has 0 spiro atoms. The quantitative estimate of drug-likeness (QED) is 0.563. The van der Waals surface area contributed by atoms with Gasteiger partial charge in [-0.2, -0.15) is 5.26 Å². The number of halogens is 2. The molecule has 0 bridgehead atoms. The van der Waals surface area contributed by atoms with E-state index in [4.69, 9.17) is 28.5 Å². The molecular weight excluding hydrogens is 225 g/mol. The second-order valence-corrected chi connectivity index (χ2v) is 3.83. The Balaban J connectivity index is 2.88. The van der Waals surface area contributed by atoms with Crippen LogP contribution < -0.4 is 0 Å². The lowest BCUT2D eigenvalue weighted by Crippen LogP contribution is -1.73. The van der Waals surface area contributed by atoms with Gasteiger partial charge in [0.15, 0.2) is 0 Å². The van der Waals surface area contributed by atoms with Crippen LogP contribution in [-0.2, 0) is 0 Å². The molecule has 0 N–H and O–H groups in total. The summed E-state index contributed by atoms with van der Waals surface area (Å²) in [6.45, 7) is 0. The summed E-state index contributed by atoms with van der Waals surface area (Å²) in [5, 5.41) is 11.1. The summed E-state index contributed by atoms with van der Waals surface area (Å²) < 4.78 is 0. The monoisotopic (exact) mass is 229 g/mol. The number of hydrogen-bond donors (Lipinski definition) is 0. The van der Waals surface area contributed by atoms with Gasteiger partial charge in [0.25, 0.3) is 0 Å². The van der Waals surface area contributed by atoms with Crippen molar-refractivity contribution in [2.75, 3.05) is 0 Å². The number of nitrogens with zero attached hydrogens (tertiary/aromatic N) is 1. The van der Waals surface area contributed by atoms with Crippen molar-refractivity contribution in [1.82, 2.24) is 0 Å². The molecule has 0 unspecified atom stereocenters. The topological polar surface area (TPSA) is 23.8 Å². The first-order chi connectivity index (χ1) is 6.25. The largest absolute Gasteiger partial charge is 0.193 e. The van der Waals surface area contributed by atoms with Crippen LogP contribution in [0.3, 0.4) is 0 Å². The van der Waals surface area contributed by atoms with Crippen molar-refractivity contribution in [3.63, 3.8) is 0 Å². The Morgan fingerprint density at radius 2 is 1.92 bits per heavy atom. The molecule has 0 atom stereocenters. The van der Waals surface area contributed by atoms with E-state index in [0.29, 0.717) is 10.0 Å². The maximum absolute atomic E-state index is 8.27. The molecule has 4 heteroatoms. The van der Waals surface area contributed by atoms with E-state index in [0.717, 1.165) is 4.90 Å².